The van der Waals surface area contributed by atoms with Crippen molar-refractivity contribution in [1.29, 1.82) is 0 Å². The highest BCUT2D eigenvalue weighted by Gasteiger charge is 2.20. The van der Waals surface area contributed by atoms with Crippen LogP contribution in [-0.4, -0.2) is 45.4 Å². The predicted molar refractivity (Wildman–Crippen MR) is 136 cm³/mol. The summed E-state index contributed by atoms with van der Waals surface area (Å²) in [7, 11) is 0. The average molecular weight is 460 g/mol. The fourth-order valence-corrected chi connectivity index (χ4v) is 4.21. The number of para-hydroxylation sites is 1. The highest BCUT2D eigenvalue weighted by Crippen LogP contribution is 2.31. The van der Waals surface area contributed by atoms with Crippen molar-refractivity contribution in [3.63, 3.8) is 0 Å². The van der Waals surface area contributed by atoms with Gasteiger partial charge in [-0.1, -0.05) is 29.8 Å². The van der Waals surface area contributed by atoms with Crippen LogP contribution in [0.25, 0.3) is 16.7 Å². The predicted octanol–water partition coefficient (Wildman–Crippen LogP) is 5.02. The number of carbonyl (C=O) groups is 1. The zero-order chi connectivity index (χ0) is 24.1. The van der Waals surface area contributed by atoms with E-state index in [-0.39, 0.29) is 11.9 Å². The van der Waals surface area contributed by atoms with Gasteiger partial charge in [0.25, 0.3) is 5.91 Å². The van der Waals surface area contributed by atoms with Gasteiger partial charge in [-0.25, -0.2) is 15.0 Å². The molecular formula is C27H33N5O2. The zero-order valence-electron chi connectivity index (χ0n) is 20.5. The van der Waals surface area contributed by atoms with Crippen molar-refractivity contribution in [2.24, 2.45) is 4.99 Å². The first kappa shape index (κ1) is 23.8. The molecule has 34 heavy (non-hydrogen) atoms. The third-order valence-corrected chi connectivity index (χ3v) is 6.45. The van der Waals surface area contributed by atoms with Gasteiger partial charge < -0.3 is 10.1 Å². The van der Waals surface area contributed by atoms with Crippen LogP contribution >= 0.6 is 0 Å². The summed E-state index contributed by atoms with van der Waals surface area (Å²) in [4.78, 5) is 26.5. The second kappa shape index (κ2) is 10.7. The Morgan fingerprint density at radius 1 is 1.24 bits per heavy atom. The van der Waals surface area contributed by atoms with Gasteiger partial charge in [-0.05, 0) is 65.0 Å². The minimum atomic E-state index is -0.166. The molecule has 0 radical (unpaired) electrons. The molecule has 7 heteroatoms. The molecule has 0 bridgehead atoms. The smallest absolute Gasteiger partial charge is 0.265 e. The normalized spacial score (nSPS) is 15.6. The molecule has 1 N–H and O–H groups in total. The van der Waals surface area contributed by atoms with Crippen LogP contribution in [0.5, 0.6) is 0 Å². The number of rotatable bonds is 7. The number of benzene rings is 1. The Kier molecular flexibility index (Phi) is 7.53. The highest BCUT2D eigenvalue weighted by atomic mass is 16.5. The summed E-state index contributed by atoms with van der Waals surface area (Å²) in [5.41, 5.74) is 5.43. The van der Waals surface area contributed by atoms with Crippen molar-refractivity contribution in [3.8, 4) is 5.82 Å². The highest BCUT2D eigenvalue weighted by molar-refractivity contribution is 6.38. The third-order valence-electron chi connectivity index (χ3n) is 6.45. The van der Waals surface area contributed by atoms with E-state index in [1.54, 1.807) is 13.3 Å². The van der Waals surface area contributed by atoms with E-state index in [0.717, 1.165) is 36.9 Å². The largest absolute Gasteiger partial charge is 0.381 e. The molecule has 0 saturated carbocycles. The maximum absolute atomic E-state index is 12.8. The summed E-state index contributed by atoms with van der Waals surface area (Å²) in [6.45, 7) is 9.22. The summed E-state index contributed by atoms with van der Waals surface area (Å²) in [6.07, 6.45) is 9.45. The standard InChI is InChI=1S/C27H33N5O2/c1-5-18(2)10-11-21-16-32(24-9-7-6-8-23(21)24)26-25(19(3)28-17-29-26)30-20(4)27(33)31-22-12-14-34-15-13-22/h5-9,16-17,22H,10-15H2,1-4H3,(H,31,33)/b18-5+,30-20+. The van der Waals surface area contributed by atoms with E-state index in [9.17, 15) is 4.79 Å². The lowest BCUT2D eigenvalue weighted by Crippen LogP contribution is -2.41. The van der Waals surface area contributed by atoms with Crippen molar-refractivity contribution in [3.05, 3.63) is 59.7 Å². The van der Waals surface area contributed by atoms with Crippen LogP contribution in [0, 0.1) is 6.92 Å². The Morgan fingerprint density at radius 3 is 2.76 bits per heavy atom. The Morgan fingerprint density at radius 2 is 2.00 bits per heavy atom. The van der Waals surface area contributed by atoms with Crippen molar-refractivity contribution >= 4 is 28.2 Å². The number of allylic oxidation sites excluding steroid dienone is 2. The Labute approximate surface area is 201 Å². The zero-order valence-corrected chi connectivity index (χ0v) is 20.5. The maximum atomic E-state index is 12.8. The van der Waals surface area contributed by atoms with Gasteiger partial charge in [0, 0.05) is 30.8 Å². The van der Waals surface area contributed by atoms with Gasteiger partial charge in [0.1, 0.15) is 17.7 Å². The summed E-state index contributed by atoms with van der Waals surface area (Å²) < 4.78 is 7.46. The van der Waals surface area contributed by atoms with Gasteiger partial charge in [0.2, 0.25) is 0 Å². The molecule has 1 saturated heterocycles. The van der Waals surface area contributed by atoms with Crippen LogP contribution in [0.4, 0.5) is 5.69 Å². The molecule has 1 aromatic carbocycles. The number of ether oxygens (including phenoxy) is 1. The van der Waals surface area contributed by atoms with E-state index in [1.807, 2.05) is 13.0 Å². The lowest BCUT2D eigenvalue weighted by molar-refractivity contribution is -0.116. The number of amides is 1. The molecule has 7 nitrogen and oxygen atoms in total. The third kappa shape index (κ3) is 5.25. The van der Waals surface area contributed by atoms with E-state index >= 15 is 0 Å². The van der Waals surface area contributed by atoms with Crippen LogP contribution < -0.4 is 5.32 Å². The summed E-state index contributed by atoms with van der Waals surface area (Å²) in [6, 6.07) is 8.46. The molecule has 178 valence electrons. The second-order valence-electron chi connectivity index (χ2n) is 8.87. The van der Waals surface area contributed by atoms with Crippen molar-refractivity contribution in [2.75, 3.05) is 13.2 Å². The molecule has 1 aliphatic heterocycles. The quantitative estimate of drug-likeness (QED) is 0.398. The number of carbonyl (C=O) groups excluding carboxylic acids is 1. The number of aliphatic imine (C=N–C) groups is 1. The molecule has 1 fully saturated rings. The minimum absolute atomic E-state index is 0.121. The SMILES string of the molecule is C/C=C(\C)CCc1cn(-c2ncnc(C)c2/N=C(\C)C(=O)NC2CCOCC2)c2ccccc12. The number of nitrogens with zero attached hydrogens (tertiary/aromatic N) is 4. The fraction of sp³-hybridized carbons (Fsp3) is 0.407. The number of fused-ring (bicyclic) bond motifs is 1. The Balaban J connectivity index is 1.70. The van der Waals surface area contributed by atoms with Crippen LogP contribution in [0.3, 0.4) is 0 Å². The Bertz CT molecular complexity index is 1240. The first-order valence-electron chi connectivity index (χ1n) is 11.9. The Hall–Kier alpha value is -3.32. The van der Waals surface area contributed by atoms with Crippen LogP contribution in [0.1, 0.15) is 51.3 Å². The fourth-order valence-electron chi connectivity index (χ4n) is 4.21. The van der Waals surface area contributed by atoms with Gasteiger partial charge in [-0.15, -0.1) is 0 Å². The number of hydrogen-bond donors (Lipinski definition) is 1. The molecule has 1 aliphatic rings. The van der Waals surface area contributed by atoms with Crippen molar-refractivity contribution in [1.82, 2.24) is 19.9 Å². The monoisotopic (exact) mass is 459 g/mol. The van der Waals surface area contributed by atoms with E-state index in [2.05, 4.69) is 64.2 Å². The molecule has 0 spiro atoms. The number of aromatic nitrogens is 3. The summed E-state index contributed by atoms with van der Waals surface area (Å²) >= 11 is 0. The van der Waals surface area contributed by atoms with E-state index in [1.165, 1.54) is 16.5 Å². The molecule has 2 aromatic heterocycles. The average Bonchev–Trinajstić information content (AvgIpc) is 3.22. The van der Waals surface area contributed by atoms with E-state index < -0.39 is 0 Å². The lowest BCUT2D eigenvalue weighted by atomic mass is 10.0. The van der Waals surface area contributed by atoms with Crippen molar-refractivity contribution in [2.45, 2.75) is 59.4 Å². The summed E-state index contributed by atoms with van der Waals surface area (Å²) in [5.74, 6) is 0.511. The van der Waals surface area contributed by atoms with Gasteiger partial charge in [0.05, 0.1) is 11.2 Å². The van der Waals surface area contributed by atoms with E-state index in [4.69, 9.17) is 9.73 Å². The minimum Gasteiger partial charge on any atom is -0.381 e. The van der Waals surface area contributed by atoms with Gasteiger partial charge in [-0.3, -0.25) is 9.36 Å². The number of nitrogens with one attached hydrogen (secondary N) is 1. The molecule has 3 aromatic rings. The van der Waals surface area contributed by atoms with Crippen LogP contribution in [-0.2, 0) is 16.0 Å². The van der Waals surface area contributed by atoms with Gasteiger partial charge >= 0.3 is 0 Å². The molecular weight excluding hydrogens is 426 g/mol. The first-order chi connectivity index (χ1) is 16.5. The van der Waals surface area contributed by atoms with E-state index in [0.29, 0.717) is 30.4 Å². The van der Waals surface area contributed by atoms with Crippen LogP contribution in [0.15, 0.2) is 53.4 Å². The molecule has 0 unspecified atom stereocenters. The number of aryl methyl sites for hydroxylation is 2. The first-order valence-corrected chi connectivity index (χ1v) is 11.9. The van der Waals surface area contributed by atoms with Crippen LogP contribution in [0.2, 0.25) is 0 Å². The molecule has 0 aliphatic carbocycles. The van der Waals surface area contributed by atoms with Gasteiger partial charge in [-0.2, -0.15) is 0 Å². The molecule has 4 rings (SSSR count). The molecule has 3 heterocycles. The molecule has 0 atom stereocenters. The van der Waals surface area contributed by atoms with Gasteiger partial charge in [0.15, 0.2) is 5.82 Å². The topological polar surface area (TPSA) is 81.4 Å². The number of hydrogen-bond acceptors (Lipinski definition) is 5. The maximum Gasteiger partial charge on any atom is 0.265 e. The lowest BCUT2D eigenvalue weighted by Gasteiger charge is -2.23. The van der Waals surface area contributed by atoms with Crippen molar-refractivity contribution < 1.29 is 9.53 Å². The summed E-state index contributed by atoms with van der Waals surface area (Å²) in [5, 5.41) is 4.28. The second-order valence-corrected chi connectivity index (χ2v) is 8.87. The molecule has 1 amide bonds.